The summed E-state index contributed by atoms with van der Waals surface area (Å²) in [7, 11) is 0. The summed E-state index contributed by atoms with van der Waals surface area (Å²) >= 11 is 0. The van der Waals surface area contributed by atoms with Crippen molar-refractivity contribution in [2.45, 2.75) is 509 Å². The van der Waals surface area contributed by atoms with Gasteiger partial charge in [-0.05, 0) is 5.92 Å². The molecular formula is C80H162. The fourth-order valence-electron chi connectivity index (χ4n) is 13.5. The Kier molecular flexibility index (Phi) is 77.0. The first-order valence-corrected chi connectivity index (χ1v) is 39.8. The monoisotopic (exact) mass is 1120 g/mol. The van der Waals surface area contributed by atoms with Gasteiger partial charge in [-0.1, -0.05) is 509 Å². The summed E-state index contributed by atoms with van der Waals surface area (Å²) in [6.45, 7) is 7.03. The van der Waals surface area contributed by atoms with Crippen LogP contribution in [-0.4, -0.2) is 0 Å². The molecule has 0 N–H and O–H groups in total. The van der Waals surface area contributed by atoms with Crippen molar-refractivity contribution in [3.63, 3.8) is 0 Å². The van der Waals surface area contributed by atoms with Crippen LogP contribution in [0.2, 0.25) is 0 Å². The quantitative estimate of drug-likeness (QED) is 0.0533. The topological polar surface area (TPSA) is 0 Å². The number of hydrogen-bond donors (Lipinski definition) is 0. The summed E-state index contributed by atoms with van der Waals surface area (Å²) in [6.07, 6.45) is 113. The Hall–Kier alpha value is 0. The van der Waals surface area contributed by atoms with Crippen molar-refractivity contribution in [1.29, 1.82) is 0 Å². The van der Waals surface area contributed by atoms with Crippen LogP contribution in [0.1, 0.15) is 509 Å². The van der Waals surface area contributed by atoms with Crippen molar-refractivity contribution in [3.8, 4) is 0 Å². The van der Waals surface area contributed by atoms with Crippen LogP contribution in [0, 0.1) is 5.92 Å². The van der Waals surface area contributed by atoms with E-state index < -0.39 is 0 Å². The summed E-state index contributed by atoms with van der Waals surface area (Å²) in [5.41, 5.74) is 0. The van der Waals surface area contributed by atoms with Crippen molar-refractivity contribution in [1.82, 2.24) is 0 Å². The molecule has 0 nitrogen and oxygen atoms in total. The molecule has 80 heavy (non-hydrogen) atoms. The highest BCUT2D eigenvalue weighted by molar-refractivity contribution is 4.58. The van der Waals surface area contributed by atoms with Crippen LogP contribution in [0.15, 0.2) is 0 Å². The second kappa shape index (κ2) is 77.0. The Morgan fingerprint density at radius 2 is 0.188 bits per heavy atom. The van der Waals surface area contributed by atoms with Gasteiger partial charge in [-0.3, -0.25) is 0 Å². The molecular weight excluding hydrogens is 961 g/mol. The minimum absolute atomic E-state index is 0.895. The smallest absolute Gasteiger partial charge is 0.0471 e. The van der Waals surface area contributed by atoms with E-state index in [0.717, 1.165) is 5.92 Å². The Morgan fingerprint density at radius 3 is 0.263 bits per heavy atom. The molecule has 0 aliphatic carbocycles. The molecule has 0 aromatic rings. The zero-order chi connectivity index (χ0) is 57.3. The molecule has 0 atom stereocenters. The van der Waals surface area contributed by atoms with E-state index in [1.54, 1.807) is 0 Å². The second-order valence-corrected chi connectivity index (χ2v) is 28.3. The van der Waals surface area contributed by atoms with Gasteiger partial charge in [-0.15, -0.1) is 0 Å². The summed E-state index contributed by atoms with van der Waals surface area (Å²) in [5, 5.41) is 0. The predicted molar refractivity (Wildman–Crippen MR) is 371 cm³/mol. The molecule has 0 heteroatoms. The minimum Gasteiger partial charge on any atom is -0.0654 e. The van der Waals surface area contributed by atoms with E-state index >= 15 is 0 Å². The first-order valence-electron chi connectivity index (χ1n) is 39.8. The van der Waals surface area contributed by atoms with Crippen LogP contribution in [0.4, 0.5) is 0 Å². The molecule has 0 saturated carbocycles. The lowest BCUT2D eigenvalue weighted by Crippen LogP contribution is -1.87. The largest absolute Gasteiger partial charge is 0.0654 e. The molecule has 0 radical (unpaired) electrons. The number of rotatable bonds is 76. The third kappa shape index (κ3) is 78.0. The van der Waals surface area contributed by atoms with Gasteiger partial charge in [0.15, 0.2) is 0 Å². The fraction of sp³-hybridized carbons (Fsp3) is 1.00. The highest BCUT2D eigenvalue weighted by atomic mass is 14.1. The van der Waals surface area contributed by atoms with E-state index in [1.165, 1.54) is 488 Å². The third-order valence-corrected chi connectivity index (χ3v) is 19.4. The highest BCUT2D eigenvalue weighted by Crippen LogP contribution is 2.22. The van der Waals surface area contributed by atoms with Gasteiger partial charge >= 0.3 is 0 Å². The third-order valence-electron chi connectivity index (χ3n) is 19.4. The van der Waals surface area contributed by atoms with Gasteiger partial charge < -0.3 is 0 Å². The van der Waals surface area contributed by atoms with Crippen LogP contribution in [0.25, 0.3) is 0 Å². The Balaban J connectivity index is 3.08. The maximum atomic E-state index is 2.36. The first-order chi connectivity index (χ1) is 39.8. The van der Waals surface area contributed by atoms with Crippen LogP contribution in [-0.2, 0) is 0 Å². The van der Waals surface area contributed by atoms with Gasteiger partial charge in [-0.25, -0.2) is 0 Å². The summed E-state index contributed by atoms with van der Waals surface area (Å²) in [4.78, 5) is 0. The zero-order valence-corrected chi connectivity index (χ0v) is 57.3. The molecule has 0 aliphatic rings. The molecule has 0 aromatic carbocycles. The molecule has 0 saturated heterocycles. The molecule has 0 fully saturated rings. The standard InChI is InChI=1S/C80H162/c1-4-5-6-7-8-9-10-11-12-13-14-15-16-17-18-19-20-21-22-23-24-25-26-27-28-29-30-31-32-33-34-35-36-37-38-39-40-41-42-43-44-45-46-47-48-49-50-51-52-53-54-55-56-57-58-59-60-61-62-63-64-65-66-67-68-69-70-71-72-73-74-75-76-77-78-79-80(2)3/h80H,4-79H2,1-3H3. The van der Waals surface area contributed by atoms with E-state index in [1.807, 2.05) is 0 Å². The lowest BCUT2D eigenvalue weighted by molar-refractivity contribution is 0.500. The predicted octanol–water partition coefficient (Wildman–Crippen LogP) is 31.3. The second-order valence-electron chi connectivity index (χ2n) is 28.3. The summed E-state index contributed by atoms with van der Waals surface area (Å²) in [6, 6.07) is 0. The molecule has 0 spiro atoms. The Labute approximate surface area is 512 Å². The molecule has 0 aromatic heterocycles. The SMILES string of the molecule is CCCCCCCCCCCCCCCCCCCCCCCCCCCCCCCCCCCCCCCCCCCCCCCCCCCCCCCCCCCCCCCCCCCCCCCCCCCCCC(C)C. The van der Waals surface area contributed by atoms with Gasteiger partial charge in [0, 0.05) is 0 Å². The summed E-state index contributed by atoms with van der Waals surface area (Å²) in [5.74, 6) is 0.895. The van der Waals surface area contributed by atoms with Gasteiger partial charge in [0.2, 0.25) is 0 Å². The molecule has 0 bridgehead atoms. The van der Waals surface area contributed by atoms with Gasteiger partial charge in [0.1, 0.15) is 0 Å². The van der Waals surface area contributed by atoms with E-state index in [9.17, 15) is 0 Å². The molecule has 0 aliphatic heterocycles. The lowest BCUT2D eigenvalue weighted by Gasteiger charge is -2.05. The molecule has 0 rings (SSSR count). The first kappa shape index (κ1) is 80.0. The lowest BCUT2D eigenvalue weighted by atomic mass is 10.0. The van der Waals surface area contributed by atoms with Crippen molar-refractivity contribution in [3.05, 3.63) is 0 Å². The average molecular weight is 1120 g/mol. The molecule has 482 valence electrons. The van der Waals surface area contributed by atoms with E-state index in [2.05, 4.69) is 20.8 Å². The van der Waals surface area contributed by atoms with Crippen molar-refractivity contribution in [2.75, 3.05) is 0 Å². The van der Waals surface area contributed by atoms with Crippen LogP contribution < -0.4 is 0 Å². The van der Waals surface area contributed by atoms with E-state index in [-0.39, 0.29) is 0 Å². The number of hydrogen-bond acceptors (Lipinski definition) is 0. The average Bonchev–Trinajstić information content (AvgIpc) is 3.46. The van der Waals surface area contributed by atoms with E-state index in [0.29, 0.717) is 0 Å². The van der Waals surface area contributed by atoms with Gasteiger partial charge in [0.25, 0.3) is 0 Å². The van der Waals surface area contributed by atoms with Gasteiger partial charge in [0.05, 0.1) is 0 Å². The summed E-state index contributed by atoms with van der Waals surface area (Å²) < 4.78 is 0. The van der Waals surface area contributed by atoms with Gasteiger partial charge in [-0.2, -0.15) is 0 Å². The van der Waals surface area contributed by atoms with Crippen LogP contribution >= 0.6 is 0 Å². The fourth-order valence-corrected chi connectivity index (χ4v) is 13.5. The maximum absolute atomic E-state index is 2.36. The highest BCUT2D eigenvalue weighted by Gasteiger charge is 2.02. The molecule has 0 amide bonds. The maximum Gasteiger partial charge on any atom is -0.0471 e. The van der Waals surface area contributed by atoms with Crippen LogP contribution in [0.3, 0.4) is 0 Å². The minimum atomic E-state index is 0.895. The number of unbranched alkanes of at least 4 members (excludes halogenated alkanes) is 74. The molecule has 0 unspecified atom stereocenters. The normalized spacial score (nSPS) is 11.8. The zero-order valence-electron chi connectivity index (χ0n) is 57.3. The Bertz CT molecular complexity index is 994. The van der Waals surface area contributed by atoms with E-state index in [4.69, 9.17) is 0 Å². The molecule has 0 heterocycles. The van der Waals surface area contributed by atoms with Crippen molar-refractivity contribution >= 4 is 0 Å². The Morgan fingerprint density at radius 1 is 0.113 bits per heavy atom. The van der Waals surface area contributed by atoms with Crippen LogP contribution in [0.5, 0.6) is 0 Å². The van der Waals surface area contributed by atoms with Crippen molar-refractivity contribution < 1.29 is 0 Å². The van der Waals surface area contributed by atoms with Crippen molar-refractivity contribution in [2.24, 2.45) is 5.92 Å².